The first-order chi connectivity index (χ1) is 14.0. The number of hydrogen-bond donors (Lipinski definition) is 1. The van der Waals surface area contributed by atoms with Gasteiger partial charge < -0.3 is 19.5 Å². The molecule has 0 spiro atoms. The van der Waals surface area contributed by atoms with Gasteiger partial charge >= 0.3 is 5.97 Å². The summed E-state index contributed by atoms with van der Waals surface area (Å²) < 4.78 is 11.0. The smallest absolute Gasteiger partial charge is 0.309 e. The number of Topliss-reactive ketones (excluding diaryl/α,β-unsaturated/α-hetero) is 1. The molecule has 3 aliphatic rings. The van der Waals surface area contributed by atoms with Crippen molar-refractivity contribution in [3.05, 3.63) is 29.8 Å². The molecule has 4 atom stereocenters. The number of fused-ring (bicyclic) bond motifs is 2. The second kappa shape index (κ2) is 8.84. The predicted octanol–water partition coefficient (Wildman–Crippen LogP) is 2.79. The van der Waals surface area contributed by atoms with E-state index in [1.54, 1.807) is 7.11 Å². The Balaban J connectivity index is 1.22. The lowest BCUT2D eigenvalue weighted by atomic mass is 9.74. The van der Waals surface area contributed by atoms with Crippen LogP contribution in [-0.2, 0) is 20.7 Å². The van der Waals surface area contributed by atoms with Gasteiger partial charge in [-0.3, -0.25) is 9.59 Å². The molecule has 1 aromatic carbocycles. The van der Waals surface area contributed by atoms with E-state index in [9.17, 15) is 14.7 Å². The largest absolute Gasteiger partial charge is 0.497 e. The lowest BCUT2D eigenvalue weighted by Gasteiger charge is -2.33. The fourth-order valence-electron chi connectivity index (χ4n) is 5.31. The molecular weight excluding hydrogens is 370 g/mol. The standard InChI is InChI=1S/C23H31NO5/c1-28-17-4-2-15(3-5-17)8-11-24-12-9-16(10-13-24)14-18(25)21-19-6-7-20(29-19)22(21)23(26)27/h2-5,16,19-22H,6-14H2,1H3,(H,26,27)/t19-,20+,21?,22?/m0/s1. The zero-order chi connectivity index (χ0) is 20.4. The van der Waals surface area contributed by atoms with E-state index in [0.29, 0.717) is 12.3 Å². The molecule has 29 heavy (non-hydrogen) atoms. The van der Waals surface area contributed by atoms with Gasteiger partial charge in [0.05, 0.1) is 31.2 Å². The highest BCUT2D eigenvalue weighted by molar-refractivity contribution is 5.88. The molecule has 0 aromatic heterocycles. The van der Waals surface area contributed by atoms with Crippen molar-refractivity contribution in [2.45, 2.75) is 50.7 Å². The van der Waals surface area contributed by atoms with Crippen molar-refractivity contribution in [2.24, 2.45) is 17.8 Å². The van der Waals surface area contributed by atoms with Crippen molar-refractivity contribution in [2.75, 3.05) is 26.7 Å². The van der Waals surface area contributed by atoms with Gasteiger partial charge in [-0.15, -0.1) is 0 Å². The van der Waals surface area contributed by atoms with E-state index in [4.69, 9.17) is 9.47 Å². The monoisotopic (exact) mass is 401 g/mol. The number of ketones is 1. The number of rotatable bonds is 8. The molecule has 4 rings (SSSR count). The molecule has 0 amide bonds. The molecule has 0 saturated carbocycles. The van der Waals surface area contributed by atoms with Crippen LogP contribution in [0.4, 0.5) is 0 Å². The zero-order valence-electron chi connectivity index (χ0n) is 17.1. The summed E-state index contributed by atoms with van der Waals surface area (Å²) in [5.41, 5.74) is 1.30. The molecule has 3 aliphatic heterocycles. The van der Waals surface area contributed by atoms with E-state index in [1.165, 1.54) is 5.56 Å². The van der Waals surface area contributed by atoms with E-state index in [1.807, 2.05) is 12.1 Å². The molecule has 2 unspecified atom stereocenters. The SMILES string of the molecule is COc1ccc(CCN2CCC(CC(=O)C3C(C(=O)O)[C@H]4CC[C@@H]3O4)CC2)cc1. The van der Waals surface area contributed by atoms with Crippen LogP contribution in [0.2, 0.25) is 0 Å². The number of carboxylic acid groups (broad SMARTS) is 1. The Bertz CT molecular complexity index is 725. The van der Waals surface area contributed by atoms with Crippen LogP contribution < -0.4 is 4.74 Å². The van der Waals surface area contributed by atoms with Gasteiger partial charge in [0.15, 0.2) is 0 Å². The number of likely N-dealkylation sites (tertiary alicyclic amines) is 1. The molecule has 6 heteroatoms. The van der Waals surface area contributed by atoms with Crippen LogP contribution in [0.5, 0.6) is 5.75 Å². The quantitative estimate of drug-likeness (QED) is 0.722. The lowest BCUT2D eigenvalue weighted by Crippen LogP contribution is -2.40. The third-order valence-electron chi connectivity index (χ3n) is 7.00. The Morgan fingerprint density at radius 1 is 1.07 bits per heavy atom. The summed E-state index contributed by atoms with van der Waals surface area (Å²) in [5, 5.41) is 9.53. The topological polar surface area (TPSA) is 76.1 Å². The average molecular weight is 402 g/mol. The van der Waals surface area contributed by atoms with Gasteiger partial charge in [-0.1, -0.05) is 12.1 Å². The summed E-state index contributed by atoms with van der Waals surface area (Å²) in [6.07, 6.45) is 4.71. The molecule has 0 radical (unpaired) electrons. The Kier molecular flexibility index (Phi) is 6.20. The molecule has 1 N–H and O–H groups in total. The molecule has 2 bridgehead atoms. The highest BCUT2D eigenvalue weighted by Gasteiger charge is 2.55. The third kappa shape index (κ3) is 4.48. The van der Waals surface area contributed by atoms with Gasteiger partial charge in [0, 0.05) is 13.0 Å². The molecule has 3 heterocycles. The van der Waals surface area contributed by atoms with Gasteiger partial charge in [0.1, 0.15) is 11.5 Å². The average Bonchev–Trinajstić information content (AvgIpc) is 3.35. The van der Waals surface area contributed by atoms with Gasteiger partial charge in [0.25, 0.3) is 0 Å². The maximum absolute atomic E-state index is 12.9. The van der Waals surface area contributed by atoms with E-state index in [2.05, 4.69) is 17.0 Å². The van der Waals surface area contributed by atoms with E-state index in [-0.39, 0.29) is 18.0 Å². The number of aliphatic carboxylic acids is 1. The number of piperidine rings is 1. The minimum absolute atomic E-state index is 0.112. The Morgan fingerprint density at radius 3 is 2.34 bits per heavy atom. The fraction of sp³-hybridized carbons (Fsp3) is 0.652. The summed E-state index contributed by atoms with van der Waals surface area (Å²) in [6, 6.07) is 8.22. The zero-order valence-corrected chi connectivity index (χ0v) is 17.1. The van der Waals surface area contributed by atoms with Gasteiger partial charge in [-0.05, 0) is 68.8 Å². The van der Waals surface area contributed by atoms with Crippen LogP contribution in [0.25, 0.3) is 0 Å². The summed E-state index contributed by atoms with van der Waals surface area (Å²) in [5.74, 6) is -0.575. The molecule has 158 valence electrons. The van der Waals surface area contributed by atoms with E-state index in [0.717, 1.165) is 57.5 Å². The van der Waals surface area contributed by atoms with Crippen LogP contribution in [0.1, 0.15) is 37.7 Å². The minimum atomic E-state index is -0.871. The molecule has 1 aromatic rings. The maximum atomic E-state index is 12.9. The van der Waals surface area contributed by atoms with Crippen molar-refractivity contribution in [1.29, 1.82) is 0 Å². The summed E-state index contributed by atoms with van der Waals surface area (Å²) >= 11 is 0. The first-order valence-electron chi connectivity index (χ1n) is 10.8. The van der Waals surface area contributed by atoms with Crippen LogP contribution >= 0.6 is 0 Å². The normalized spacial score (nSPS) is 29.8. The fourth-order valence-corrected chi connectivity index (χ4v) is 5.31. The molecule has 0 aliphatic carbocycles. The number of nitrogens with zero attached hydrogens (tertiary/aromatic N) is 1. The van der Waals surface area contributed by atoms with Crippen molar-refractivity contribution in [3.63, 3.8) is 0 Å². The first-order valence-corrected chi connectivity index (χ1v) is 10.8. The molecular formula is C23H31NO5. The van der Waals surface area contributed by atoms with Gasteiger partial charge in [0.2, 0.25) is 0 Å². The number of ether oxygens (including phenoxy) is 2. The number of carboxylic acids is 1. The number of carbonyl (C=O) groups is 2. The summed E-state index contributed by atoms with van der Waals surface area (Å²) in [7, 11) is 1.68. The predicted molar refractivity (Wildman–Crippen MR) is 108 cm³/mol. The molecule has 3 saturated heterocycles. The third-order valence-corrected chi connectivity index (χ3v) is 7.00. The Morgan fingerprint density at radius 2 is 1.72 bits per heavy atom. The maximum Gasteiger partial charge on any atom is 0.309 e. The summed E-state index contributed by atoms with van der Waals surface area (Å²) in [6.45, 7) is 3.03. The van der Waals surface area contributed by atoms with Crippen molar-refractivity contribution in [3.8, 4) is 5.75 Å². The van der Waals surface area contributed by atoms with Crippen molar-refractivity contribution in [1.82, 2.24) is 4.90 Å². The second-order valence-electron chi connectivity index (χ2n) is 8.73. The molecule has 6 nitrogen and oxygen atoms in total. The lowest BCUT2D eigenvalue weighted by molar-refractivity contribution is -0.147. The Hall–Kier alpha value is -1.92. The van der Waals surface area contributed by atoms with Crippen LogP contribution in [-0.4, -0.2) is 60.7 Å². The van der Waals surface area contributed by atoms with Gasteiger partial charge in [-0.2, -0.15) is 0 Å². The number of hydrogen-bond acceptors (Lipinski definition) is 5. The van der Waals surface area contributed by atoms with E-state index >= 15 is 0 Å². The van der Waals surface area contributed by atoms with E-state index < -0.39 is 17.8 Å². The summed E-state index contributed by atoms with van der Waals surface area (Å²) in [4.78, 5) is 27.0. The van der Waals surface area contributed by atoms with Crippen molar-refractivity contribution >= 4 is 11.8 Å². The Labute approximate surface area is 172 Å². The van der Waals surface area contributed by atoms with Crippen LogP contribution in [0, 0.1) is 17.8 Å². The highest BCUT2D eigenvalue weighted by atomic mass is 16.5. The number of carbonyl (C=O) groups excluding carboxylic acids is 1. The number of benzene rings is 1. The van der Waals surface area contributed by atoms with Crippen LogP contribution in [0.15, 0.2) is 24.3 Å². The highest BCUT2D eigenvalue weighted by Crippen LogP contribution is 2.45. The van der Waals surface area contributed by atoms with Crippen LogP contribution in [0.3, 0.4) is 0 Å². The number of methoxy groups -OCH3 is 1. The second-order valence-corrected chi connectivity index (χ2v) is 8.73. The van der Waals surface area contributed by atoms with Gasteiger partial charge in [-0.25, -0.2) is 0 Å². The first kappa shape index (κ1) is 20.4. The minimum Gasteiger partial charge on any atom is -0.497 e. The van der Waals surface area contributed by atoms with Crippen molar-refractivity contribution < 1.29 is 24.2 Å². The molecule has 3 fully saturated rings.